The van der Waals surface area contributed by atoms with Crippen LogP contribution in [-0.4, -0.2) is 40.8 Å². The highest BCUT2D eigenvalue weighted by Crippen LogP contribution is 2.25. The minimum absolute atomic E-state index is 0.0136. The lowest BCUT2D eigenvalue weighted by atomic mass is 9.96. The zero-order valence-electron chi connectivity index (χ0n) is 15.6. The van der Waals surface area contributed by atoms with Crippen molar-refractivity contribution in [1.82, 2.24) is 15.2 Å². The van der Waals surface area contributed by atoms with Crippen molar-refractivity contribution in [3.05, 3.63) is 35.3 Å². The third-order valence-electron chi connectivity index (χ3n) is 4.99. The van der Waals surface area contributed by atoms with E-state index in [0.717, 1.165) is 35.0 Å². The largest absolute Gasteiger partial charge is 0.358 e. The molecule has 3 rings (SSSR count). The van der Waals surface area contributed by atoms with Gasteiger partial charge in [0.1, 0.15) is 5.82 Å². The van der Waals surface area contributed by atoms with Crippen molar-refractivity contribution in [2.75, 3.05) is 13.1 Å². The summed E-state index contributed by atoms with van der Waals surface area (Å²) in [6.07, 6.45) is 1.84. The summed E-state index contributed by atoms with van der Waals surface area (Å²) in [5.41, 5.74) is 2.54. The molecule has 1 saturated heterocycles. The Morgan fingerprint density at radius 2 is 2.15 bits per heavy atom. The summed E-state index contributed by atoms with van der Waals surface area (Å²) >= 11 is 0. The standard InChI is InChI=1S/C20H26FN3O2/c1-12(2)22-20(26)14-5-4-8-24(11-14)19(25)10-16-13(3)23-18-7-6-15(21)9-17(16)18/h6-7,9,12,14,23H,4-5,8,10-11H2,1-3H3,(H,22,26)/t14-/m0/s1. The van der Waals surface area contributed by atoms with Crippen molar-refractivity contribution < 1.29 is 14.0 Å². The quantitative estimate of drug-likeness (QED) is 0.882. The zero-order valence-corrected chi connectivity index (χ0v) is 15.6. The molecule has 0 saturated carbocycles. The number of nitrogens with one attached hydrogen (secondary N) is 2. The van der Waals surface area contributed by atoms with Crippen LogP contribution >= 0.6 is 0 Å². The molecule has 1 aliphatic rings. The average molecular weight is 359 g/mol. The van der Waals surface area contributed by atoms with Crippen molar-refractivity contribution in [3.63, 3.8) is 0 Å². The fraction of sp³-hybridized carbons (Fsp3) is 0.500. The van der Waals surface area contributed by atoms with E-state index >= 15 is 0 Å². The second kappa shape index (κ2) is 7.48. The van der Waals surface area contributed by atoms with Crippen LogP contribution in [-0.2, 0) is 16.0 Å². The molecule has 1 atom stereocenters. The van der Waals surface area contributed by atoms with Crippen molar-refractivity contribution in [2.45, 2.75) is 46.1 Å². The van der Waals surface area contributed by atoms with E-state index in [1.165, 1.54) is 12.1 Å². The summed E-state index contributed by atoms with van der Waals surface area (Å²) in [7, 11) is 0. The fourth-order valence-electron chi connectivity index (χ4n) is 3.67. The third-order valence-corrected chi connectivity index (χ3v) is 4.99. The zero-order chi connectivity index (χ0) is 18.8. The Bertz CT molecular complexity index is 828. The van der Waals surface area contributed by atoms with Crippen LogP contribution in [0.2, 0.25) is 0 Å². The van der Waals surface area contributed by atoms with Gasteiger partial charge < -0.3 is 15.2 Å². The highest BCUT2D eigenvalue weighted by molar-refractivity contribution is 5.90. The summed E-state index contributed by atoms with van der Waals surface area (Å²) in [5.74, 6) is -0.464. The minimum Gasteiger partial charge on any atom is -0.358 e. The van der Waals surface area contributed by atoms with Gasteiger partial charge in [0, 0.05) is 35.7 Å². The SMILES string of the molecule is Cc1[nH]c2ccc(F)cc2c1CC(=O)N1CCC[C@H](C(=O)NC(C)C)C1. The average Bonchev–Trinajstić information content (AvgIpc) is 2.89. The Kier molecular flexibility index (Phi) is 5.30. The number of carbonyl (C=O) groups is 2. The van der Waals surface area contributed by atoms with E-state index in [0.29, 0.717) is 13.1 Å². The Morgan fingerprint density at radius 3 is 2.88 bits per heavy atom. The number of hydrogen-bond donors (Lipinski definition) is 2. The molecule has 0 radical (unpaired) electrons. The van der Waals surface area contributed by atoms with Crippen molar-refractivity contribution in [2.24, 2.45) is 5.92 Å². The lowest BCUT2D eigenvalue weighted by Crippen LogP contribution is -2.47. The normalized spacial score (nSPS) is 17.7. The van der Waals surface area contributed by atoms with Gasteiger partial charge in [0.25, 0.3) is 0 Å². The summed E-state index contributed by atoms with van der Waals surface area (Å²) in [4.78, 5) is 30.1. The minimum atomic E-state index is -0.311. The van der Waals surface area contributed by atoms with Gasteiger partial charge in [-0.2, -0.15) is 0 Å². The summed E-state index contributed by atoms with van der Waals surface area (Å²) in [5, 5.41) is 3.69. The van der Waals surface area contributed by atoms with Gasteiger partial charge >= 0.3 is 0 Å². The molecule has 1 aromatic heterocycles. The van der Waals surface area contributed by atoms with Crippen LogP contribution in [0.15, 0.2) is 18.2 Å². The molecular weight excluding hydrogens is 333 g/mol. The number of aromatic amines is 1. The van der Waals surface area contributed by atoms with E-state index in [1.54, 1.807) is 11.0 Å². The summed E-state index contributed by atoms with van der Waals surface area (Å²) in [6.45, 7) is 6.88. The number of nitrogens with zero attached hydrogens (tertiary/aromatic N) is 1. The molecule has 2 N–H and O–H groups in total. The van der Waals surface area contributed by atoms with Gasteiger partial charge in [0.2, 0.25) is 11.8 Å². The van der Waals surface area contributed by atoms with Gasteiger partial charge in [0.05, 0.1) is 12.3 Å². The number of H-pyrrole nitrogens is 1. The fourth-order valence-corrected chi connectivity index (χ4v) is 3.67. The number of aromatic nitrogens is 1. The molecule has 0 spiro atoms. The Labute approximate surface area is 152 Å². The predicted octanol–water partition coefficient (Wildman–Crippen LogP) is 2.92. The predicted molar refractivity (Wildman–Crippen MR) is 99.3 cm³/mol. The number of hydrogen-bond acceptors (Lipinski definition) is 2. The van der Waals surface area contributed by atoms with Crippen LogP contribution < -0.4 is 5.32 Å². The lowest BCUT2D eigenvalue weighted by Gasteiger charge is -2.32. The molecule has 1 aliphatic heterocycles. The summed E-state index contributed by atoms with van der Waals surface area (Å²) < 4.78 is 13.6. The van der Waals surface area contributed by atoms with Crippen molar-refractivity contribution in [1.29, 1.82) is 0 Å². The number of rotatable bonds is 4. The smallest absolute Gasteiger partial charge is 0.227 e. The lowest BCUT2D eigenvalue weighted by molar-refractivity contribution is -0.135. The van der Waals surface area contributed by atoms with E-state index in [1.807, 2.05) is 20.8 Å². The topological polar surface area (TPSA) is 65.2 Å². The van der Waals surface area contributed by atoms with Crippen LogP contribution in [0.5, 0.6) is 0 Å². The van der Waals surface area contributed by atoms with Crippen LogP contribution in [0.4, 0.5) is 4.39 Å². The van der Waals surface area contributed by atoms with Gasteiger partial charge in [-0.3, -0.25) is 9.59 Å². The Morgan fingerprint density at radius 1 is 1.38 bits per heavy atom. The number of benzene rings is 1. The first-order valence-corrected chi connectivity index (χ1v) is 9.20. The number of amides is 2. The molecule has 0 bridgehead atoms. The van der Waals surface area contributed by atoms with Gasteiger partial charge in [0.15, 0.2) is 0 Å². The number of carbonyl (C=O) groups excluding carboxylic acids is 2. The number of fused-ring (bicyclic) bond motifs is 1. The highest BCUT2D eigenvalue weighted by atomic mass is 19.1. The van der Waals surface area contributed by atoms with Crippen LogP contribution in [0.1, 0.15) is 37.9 Å². The maximum atomic E-state index is 13.6. The molecule has 2 aromatic rings. The van der Waals surface area contributed by atoms with E-state index in [9.17, 15) is 14.0 Å². The van der Waals surface area contributed by atoms with Crippen molar-refractivity contribution in [3.8, 4) is 0 Å². The van der Waals surface area contributed by atoms with E-state index < -0.39 is 0 Å². The molecule has 5 nitrogen and oxygen atoms in total. The maximum Gasteiger partial charge on any atom is 0.227 e. The van der Waals surface area contributed by atoms with Crippen molar-refractivity contribution >= 4 is 22.7 Å². The molecule has 1 aromatic carbocycles. The number of halogens is 1. The Balaban J connectivity index is 1.73. The molecule has 140 valence electrons. The van der Waals surface area contributed by atoms with Crippen LogP contribution in [0.25, 0.3) is 10.9 Å². The molecule has 1 fully saturated rings. The molecule has 2 amide bonds. The van der Waals surface area contributed by atoms with Gasteiger partial charge in [-0.25, -0.2) is 4.39 Å². The van der Waals surface area contributed by atoms with E-state index in [4.69, 9.17) is 0 Å². The number of likely N-dealkylation sites (tertiary alicyclic amines) is 1. The van der Waals surface area contributed by atoms with Crippen LogP contribution in [0, 0.1) is 18.7 Å². The van der Waals surface area contributed by atoms with Gasteiger partial charge in [-0.15, -0.1) is 0 Å². The second-order valence-electron chi connectivity index (χ2n) is 7.44. The molecule has 2 heterocycles. The molecule has 6 heteroatoms. The first-order chi connectivity index (χ1) is 12.3. The first-order valence-electron chi connectivity index (χ1n) is 9.20. The van der Waals surface area contributed by atoms with Gasteiger partial charge in [-0.1, -0.05) is 0 Å². The highest BCUT2D eigenvalue weighted by Gasteiger charge is 2.29. The number of aryl methyl sites for hydroxylation is 1. The monoisotopic (exact) mass is 359 g/mol. The van der Waals surface area contributed by atoms with E-state index in [2.05, 4.69) is 10.3 Å². The van der Waals surface area contributed by atoms with E-state index in [-0.39, 0.29) is 36.0 Å². The second-order valence-corrected chi connectivity index (χ2v) is 7.44. The first kappa shape index (κ1) is 18.4. The van der Waals surface area contributed by atoms with Gasteiger partial charge in [-0.05, 0) is 57.4 Å². The molecular formula is C20H26FN3O2. The maximum absolute atomic E-state index is 13.6. The molecule has 0 aliphatic carbocycles. The molecule has 0 unspecified atom stereocenters. The Hall–Kier alpha value is -2.37. The van der Waals surface area contributed by atoms with Crippen LogP contribution in [0.3, 0.4) is 0 Å². The molecule has 26 heavy (non-hydrogen) atoms. The summed E-state index contributed by atoms with van der Waals surface area (Å²) in [6, 6.07) is 4.67. The number of piperidine rings is 1. The third kappa shape index (κ3) is 3.89.